The fourth-order valence-corrected chi connectivity index (χ4v) is 6.03. The van der Waals surface area contributed by atoms with Gasteiger partial charge in [-0.2, -0.15) is 0 Å². The molecular formula is C19H25N3O2S2. The minimum Gasteiger partial charge on any atom is -0.369 e. The average molecular weight is 392 g/mol. The van der Waals surface area contributed by atoms with Gasteiger partial charge in [-0.1, -0.05) is 18.9 Å². The van der Waals surface area contributed by atoms with Crippen LogP contribution in [-0.2, 0) is 10.0 Å². The van der Waals surface area contributed by atoms with Crippen LogP contribution in [0.2, 0.25) is 0 Å². The van der Waals surface area contributed by atoms with Crippen molar-refractivity contribution in [3.8, 4) is 0 Å². The number of nitrogens with one attached hydrogen (secondary N) is 1. The maximum atomic E-state index is 12.3. The summed E-state index contributed by atoms with van der Waals surface area (Å²) in [6, 6.07) is 11.9. The second-order valence-electron chi connectivity index (χ2n) is 7.05. The lowest BCUT2D eigenvalue weighted by Gasteiger charge is -2.39. The molecule has 1 saturated heterocycles. The molecule has 7 heteroatoms. The summed E-state index contributed by atoms with van der Waals surface area (Å²) in [5, 5.41) is 1.77. The lowest BCUT2D eigenvalue weighted by molar-refractivity contribution is 0.187. The first-order valence-electron chi connectivity index (χ1n) is 9.27. The molecule has 1 N–H and O–H groups in total. The molecule has 5 nitrogen and oxygen atoms in total. The van der Waals surface area contributed by atoms with E-state index >= 15 is 0 Å². The third-order valence-electron chi connectivity index (χ3n) is 5.40. The standard InChI is InChI=1S/C19H25N3O2S2/c23-26(24,19-6-3-15-25-19)20-16-7-9-18(10-8-16)22-13-11-21(12-14-22)17-4-1-2-5-17/h3,6-10,15,17,20H,1-2,4-5,11-14H2. The fourth-order valence-electron chi connectivity index (χ4n) is 3.98. The Balaban J connectivity index is 1.36. The van der Waals surface area contributed by atoms with E-state index in [1.807, 2.05) is 24.3 Å². The molecule has 140 valence electrons. The Morgan fingerprint density at radius 1 is 0.962 bits per heavy atom. The molecule has 2 heterocycles. The molecule has 2 aromatic rings. The highest BCUT2D eigenvalue weighted by molar-refractivity contribution is 7.94. The minimum atomic E-state index is -3.48. The normalized spacial score (nSPS) is 19.8. The molecule has 2 fully saturated rings. The summed E-state index contributed by atoms with van der Waals surface area (Å²) in [6.45, 7) is 4.32. The molecule has 0 amide bonds. The van der Waals surface area contributed by atoms with E-state index in [1.54, 1.807) is 17.5 Å². The van der Waals surface area contributed by atoms with E-state index in [4.69, 9.17) is 0 Å². The number of thiophene rings is 1. The van der Waals surface area contributed by atoms with Gasteiger partial charge in [0.1, 0.15) is 4.21 Å². The van der Waals surface area contributed by atoms with E-state index in [0.29, 0.717) is 9.90 Å². The lowest BCUT2D eigenvalue weighted by atomic mass is 10.1. The Labute approximate surface area is 159 Å². The number of anilines is 2. The van der Waals surface area contributed by atoms with E-state index < -0.39 is 10.0 Å². The summed E-state index contributed by atoms with van der Waals surface area (Å²) in [5.74, 6) is 0. The van der Waals surface area contributed by atoms with Crippen LogP contribution >= 0.6 is 11.3 Å². The van der Waals surface area contributed by atoms with Crippen molar-refractivity contribution >= 4 is 32.7 Å². The number of rotatable bonds is 5. The van der Waals surface area contributed by atoms with Crippen LogP contribution < -0.4 is 9.62 Å². The summed E-state index contributed by atoms with van der Waals surface area (Å²) >= 11 is 1.22. The van der Waals surface area contributed by atoms with Gasteiger partial charge in [0.05, 0.1) is 0 Å². The molecule has 1 aromatic heterocycles. The smallest absolute Gasteiger partial charge is 0.271 e. The second kappa shape index (κ2) is 7.58. The summed E-state index contributed by atoms with van der Waals surface area (Å²) < 4.78 is 27.6. The summed E-state index contributed by atoms with van der Waals surface area (Å²) in [4.78, 5) is 5.04. The maximum Gasteiger partial charge on any atom is 0.271 e. The zero-order valence-corrected chi connectivity index (χ0v) is 16.4. The molecule has 1 saturated carbocycles. The Bertz CT molecular complexity index is 805. The van der Waals surface area contributed by atoms with Crippen LogP contribution in [0.15, 0.2) is 46.0 Å². The number of nitrogens with zero attached hydrogens (tertiary/aromatic N) is 2. The van der Waals surface area contributed by atoms with Crippen LogP contribution in [0.5, 0.6) is 0 Å². The topological polar surface area (TPSA) is 52.7 Å². The van der Waals surface area contributed by atoms with E-state index in [1.165, 1.54) is 37.0 Å². The molecule has 1 aliphatic heterocycles. The van der Waals surface area contributed by atoms with Gasteiger partial charge in [0, 0.05) is 43.6 Å². The molecule has 0 atom stereocenters. The quantitative estimate of drug-likeness (QED) is 0.846. The Kier molecular flexibility index (Phi) is 5.20. The van der Waals surface area contributed by atoms with E-state index in [0.717, 1.165) is 37.9 Å². The van der Waals surface area contributed by atoms with E-state index in [9.17, 15) is 8.42 Å². The number of benzene rings is 1. The van der Waals surface area contributed by atoms with Gasteiger partial charge >= 0.3 is 0 Å². The average Bonchev–Trinajstić information content (AvgIpc) is 3.36. The molecule has 0 unspecified atom stereocenters. The van der Waals surface area contributed by atoms with Crippen LogP contribution in [0, 0.1) is 0 Å². The predicted octanol–water partition coefficient (Wildman–Crippen LogP) is 3.61. The van der Waals surface area contributed by atoms with Gasteiger partial charge in [-0.05, 0) is 48.6 Å². The van der Waals surface area contributed by atoms with Gasteiger partial charge in [0.2, 0.25) is 0 Å². The van der Waals surface area contributed by atoms with Gasteiger partial charge in [0.25, 0.3) is 10.0 Å². The first-order valence-corrected chi connectivity index (χ1v) is 11.6. The fraction of sp³-hybridized carbons (Fsp3) is 0.474. The largest absolute Gasteiger partial charge is 0.369 e. The minimum absolute atomic E-state index is 0.338. The van der Waals surface area contributed by atoms with Gasteiger partial charge < -0.3 is 4.90 Å². The van der Waals surface area contributed by atoms with Gasteiger partial charge in [-0.25, -0.2) is 8.42 Å². The van der Waals surface area contributed by atoms with Crippen LogP contribution in [0.4, 0.5) is 11.4 Å². The highest BCUT2D eigenvalue weighted by atomic mass is 32.2. The summed E-state index contributed by atoms with van der Waals surface area (Å²) in [6.07, 6.45) is 5.49. The Hall–Kier alpha value is -1.57. The van der Waals surface area contributed by atoms with Gasteiger partial charge in [-0.15, -0.1) is 11.3 Å². The zero-order valence-electron chi connectivity index (χ0n) is 14.8. The maximum absolute atomic E-state index is 12.3. The molecule has 26 heavy (non-hydrogen) atoms. The molecule has 1 aliphatic carbocycles. The molecular weight excluding hydrogens is 366 g/mol. The predicted molar refractivity (Wildman–Crippen MR) is 108 cm³/mol. The van der Waals surface area contributed by atoms with Crippen molar-refractivity contribution in [2.24, 2.45) is 0 Å². The highest BCUT2D eigenvalue weighted by Crippen LogP contribution is 2.27. The van der Waals surface area contributed by atoms with Crippen molar-refractivity contribution in [1.82, 2.24) is 4.90 Å². The zero-order chi connectivity index (χ0) is 18.0. The third-order valence-corrected chi connectivity index (χ3v) is 8.18. The van der Waals surface area contributed by atoms with Crippen molar-refractivity contribution in [2.45, 2.75) is 35.9 Å². The molecule has 1 aromatic carbocycles. The van der Waals surface area contributed by atoms with E-state index in [2.05, 4.69) is 14.5 Å². The summed E-state index contributed by atoms with van der Waals surface area (Å²) in [5.41, 5.74) is 1.77. The van der Waals surface area contributed by atoms with Crippen molar-refractivity contribution in [2.75, 3.05) is 35.8 Å². The Morgan fingerprint density at radius 3 is 2.27 bits per heavy atom. The van der Waals surface area contributed by atoms with Crippen molar-refractivity contribution in [3.63, 3.8) is 0 Å². The van der Waals surface area contributed by atoms with Crippen molar-refractivity contribution in [1.29, 1.82) is 0 Å². The molecule has 4 rings (SSSR count). The molecule has 0 radical (unpaired) electrons. The lowest BCUT2D eigenvalue weighted by Crippen LogP contribution is -2.49. The number of piperazine rings is 1. The van der Waals surface area contributed by atoms with Crippen LogP contribution in [-0.4, -0.2) is 45.5 Å². The first kappa shape index (κ1) is 17.8. The molecule has 0 spiro atoms. The van der Waals surface area contributed by atoms with Gasteiger partial charge in [-0.3, -0.25) is 9.62 Å². The van der Waals surface area contributed by atoms with Crippen LogP contribution in [0.1, 0.15) is 25.7 Å². The van der Waals surface area contributed by atoms with Crippen LogP contribution in [0.3, 0.4) is 0 Å². The summed E-state index contributed by atoms with van der Waals surface area (Å²) in [7, 11) is -3.48. The highest BCUT2D eigenvalue weighted by Gasteiger charge is 2.26. The van der Waals surface area contributed by atoms with Crippen LogP contribution in [0.25, 0.3) is 0 Å². The van der Waals surface area contributed by atoms with E-state index in [-0.39, 0.29) is 0 Å². The van der Waals surface area contributed by atoms with Crippen molar-refractivity contribution < 1.29 is 8.42 Å². The third kappa shape index (κ3) is 3.89. The molecule has 0 bridgehead atoms. The number of hydrogen-bond donors (Lipinski definition) is 1. The molecule has 2 aliphatic rings. The van der Waals surface area contributed by atoms with Gasteiger partial charge in [0.15, 0.2) is 0 Å². The second-order valence-corrected chi connectivity index (χ2v) is 9.90. The van der Waals surface area contributed by atoms with Crippen molar-refractivity contribution in [3.05, 3.63) is 41.8 Å². The monoisotopic (exact) mass is 391 g/mol. The number of hydrogen-bond acceptors (Lipinski definition) is 5. The number of sulfonamides is 1. The first-order chi connectivity index (χ1) is 12.6. The Morgan fingerprint density at radius 2 is 1.65 bits per heavy atom. The SMILES string of the molecule is O=S(=O)(Nc1ccc(N2CCN(C3CCCC3)CC2)cc1)c1cccs1.